The Labute approximate surface area is 125 Å². The number of anilines is 1. The van der Waals surface area contributed by atoms with E-state index < -0.39 is 0 Å². The summed E-state index contributed by atoms with van der Waals surface area (Å²) in [6, 6.07) is 1.85. The smallest absolute Gasteiger partial charge is 0.274 e. The van der Waals surface area contributed by atoms with Gasteiger partial charge in [-0.3, -0.25) is 10.1 Å². The number of halogens is 1. The molecule has 2 heterocycles. The van der Waals surface area contributed by atoms with Crippen LogP contribution in [0.5, 0.6) is 0 Å². The Hall–Kier alpha value is -1.37. The number of aromatic nitrogens is 2. The number of nitrogens with zero attached hydrogens (tertiary/aromatic N) is 2. The van der Waals surface area contributed by atoms with Crippen LogP contribution in [0.4, 0.5) is 5.13 Å². The van der Waals surface area contributed by atoms with Gasteiger partial charge in [0.1, 0.15) is 5.69 Å². The van der Waals surface area contributed by atoms with E-state index in [1.165, 1.54) is 16.2 Å². The highest BCUT2D eigenvalue weighted by molar-refractivity contribution is 7.15. The molecule has 0 radical (unpaired) electrons. The van der Waals surface area contributed by atoms with E-state index in [2.05, 4.69) is 10.3 Å². The first-order valence-corrected chi connectivity index (χ1v) is 7.60. The number of nitrogens with two attached hydrogens (primary N) is 1. The molecule has 2 aromatic rings. The average Bonchev–Trinajstić information content (AvgIpc) is 2.91. The van der Waals surface area contributed by atoms with Crippen molar-refractivity contribution in [3.63, 3.8) is 0 Å². The van der Waals surface area contributed by atoms with Gasteiger partial charge >= 0.3 is 0 Å². The summed E-state index contributed by atoms with van der Waals surface area (Å²) in [5, 5.41) is 4.01. The van der Waals surface area contributed by atoms with Crippen molar-refractivity contribution in [2.24, 2.45) is 12.8 Å². The molecule has 0 saturated heterocycles. The van der Waals surface area contributed by atoms with Gasteiger partial charge in [-0.25, -0.2) is 4.98 Å². The third-order valence-corrected chi connectivity index (χ3v) is 4.64. The number of carbonyl (C=O) groups excluding carboxylic acids is 1. The monoisotopic (exact) mass is 310 g/mol. The number of thiazole rings is 1. The molecule has 1 amide bonds. The minimum absolute atomic E-state index is 0.199. The number of fused-ring (bicyclic) bond motifs is 1. The van der Waals surface area contributed by atoms with Crippen molar-refractivity contribution in [1.82, 2.24) is 9.55 Å². The van der Waals surface area contributed by atoms with Gasteiger partial charge in [0, 0.05) is 24.2 Å². The normalized spacial score (nSPS) is 17.9. The number of hydrogen-bond acceptors (Lipinski definition) is 4. The predicted octanol–water partition coefficient (Wildman–Crippen LogP) is 2.20. The molecule has 20 heavy (non-hydrogen) atoms. The van der Waals surface area contributed by atoms with E-state index in [4.69, 9.17) is 17.3 Å². The zero-order valence-electron chi connectivity index (χ0n) is 11.0. The van der Waals surface area contributed by atoms with Crippen molar-refractivity contribution in [3.05, 3.63) is 33.6 Å². The zero-order valence-corrected chi connectivity index (χ0v) is 12.6. The van der Waals surface area contributed by atoms with Gasteiger partial charge in [-0.05, 0) is 25.3 Å². The average molecular weight is 311 g/mol. The molecule has 0 spiro atoms. The van der Waals surface area contributed by atoms with E-state index in [9.17, 15) is 4.79 Å². The summed E-state index contributed by atoms with van der Waals surface area (Å²) in [7, 11) is 1.78. The van der Waals surface area contributed by atoms with Crippen LogP contribution >= 0.6 is 22.9 Å². The Kier molecular flexibility index (Phi) is 3.54. The van der Waals surface area contributed by atoms with Crippen molar-refractivity contribution in [2.45, 2.75) is 25.3 Å². The van der Waals surface area contributed by atoms with E-state index in [0.29, 0.717) is 15.8 Å². The van der Waals surface area contributed by atoms with Gasteiger partial charge in [-0.2, -0.15) is 0 Å². The molecule has 0 bridgehead atoms. The summed E-state index contributed by atoms with van der Waals surface area (Å²) in [6.07, 6.45) is 4.39. The first kappa shape index (κ1) is 13.6. The fraction of sp³-hybridized carbons (Fsp3) is 0.385. The first-order chi connectivity index (χ1) is 9.52. The molecule has 0 fully saturated rings. The maximum atomic E-state index is 12.2. The summed E-state index contributed by atoms with van der Waals surface area (Å²) in [5.41, 5.74) is 7.53. The van der Waals surface area contributed by atoms with Crippen molar-refractivity contribution >= 4 is 34.0 Å². The van der Waals surface area contributed by atoms with E-state index in [1.807, 2.05) is 0 Å². The first-order valence-electron chi connectivity index (χ1n) is 6.40. The van der Waals surface area contributed by atoms with Crippen LogP contribution in [0.2, 0.25) is 5.02 Å². The number of carbonyl (C=O) groups is 1. The molecule has 0 saturated carbocycles. The number of aryl methyl sites for hydroxylation is 2. The minimum atomic E-state index is -0.199. The lowest BCUT2D eigenvalue weighted by atomic mass is 9.99. The fourth-order valence-corrected chi connectivity index (χ4v) is 3.71. The van der Waals surface area contributed by atoms with Crippen molar-refractivity contribution in [2.75, 3.05) is 5.32 Å². The largest absolute Gasteiger partial charge is 0.345 e. The lowest BCUT2D eigenvalue weighted by Gasteiger charge is -2.15. The molecule has 7 heteroatoms. The molecule has 1 atom stereocenters. The van der Waals surface area contributed by atoms with Gasteiger partial charge in [0.25, 0.3) is 5.91 Å². The lowest BCUT2D eigenvalue weighted by molar-refractivity contribution is 0.101. The van der Waals surface area contributed by atoms with Crippen LogP contribution in [0.1, 0.15) is 27.5 Å². The van der Waals surface area contributed by atoms with Crippen LogP contribution in [0, 0.1) is 0 Å². The van der Waals surface area contributed by atoms with Gasteiger partial charge in [-0.1, -0.05) is 11.6 Å². The highest BCUT2D eigenvalue weighted by Crippen LogP contribution is 2.29. The van der Waals surface area contributed by atoms with Gasteiger partial charge in [-0.15, -0.1) is 11.3 Å². The quantitative estimate of drug-likeness (QED) is 0.893. The summed E-state index contributed by atoms with van der Waals surface area (Å²) >= 11 is 7.39. The van der Waals surface area contributed by atoms with Crippen LogP contribution in [-0.2, 0) is 19.9 Å². The number of rotatable bonds is 2. The second-order valence-electron chi connectivity index (χ2n) is 5.00. The molecule has 1 aliphatic rings. The maximum Gasteiger partial charge on any atom is 0.274 e. The maximum absolute atomic E-state index is 12.2. The molecule has 3 rings (SSSR count). The molecule has 2 aromatic heterocycles. The third kappa shape index (κ3) is 2.59. The number of amides is 1. The zero-order chi connectivity index (χ0) is 14.3. The van der Waals surface area contributed by atoms with Gasteiger partial charge in [0.15, 0.2) is 5.13 Å². The number of hydrogen-bond donors (Lipinski definition) is 2. The predicted molar refractivity (Wildman–Crippen MR) is 80.5 cm³/mol. The Balaban J connectivity index is 1.78. The van der Waals surface area contributed by atoms with Gasteiger partial charge in [0.2, 0.25) is 0 Å². The van der Waals surface area contributed by atoms with E-state index >= 15 is 0 Å². The Morgan fingerprint density at radius 3 is 3.15 bits per heavy atom. The third-order valence-electron chi connectivity index (χ3n) is 3.40. The Morgan fingerprint density at radius 1 is 1.65 bits per heavy atom. The minimum Gasteiger partial charge on any atom is -0.345 e. The van der Waals surface area contributed by atoms with Crippen LogP contribution in [0.3, 0.4) is 0 Å². The standard InChI is InChI=1S/C13H15ClN4OS/c1-18-6-7(14)4-10(18)12(19)17-13-16-9-3-2-8(15)5-11(9)20-13/h4,6,8H,2-3,5,15H2,1H3,(H,16,17,19)/t8-/m0/s1. The fourth-order valence-electron chi connectivity index (χ4n) is 2.37. The molecule has 0 unspecified atom stereocenters. The van der Waals surface area contributed by atoms with Gasteiger partial charge in [0.05, 0.1) is 10.7 Å². The van der Waals surface area contributed by atoms with Crippen LogP contribution in [0.25, 0.3) is 0 Å². The molecule has 3 N–H and O–H groups in total. The number of nitrogens with one attached hydrogen (secondary N) is 1. The second-order valence-corrected chi connectivity index (χ2v) is 6.52. The van der Waals surface area contributed by atoms with E-state index in [1.54, 1.807) is 23.9 Å². The summed E-state index contributed by atoms with van der Waals surface area (Å²) in [5.74, 6) is -0.199. The molecular formula is C13H15ClN4OS. The molecule has 0 aromatic carbocycles. The topological polar surface area (TPSA) is 72.9 Å². The second kappa shape index (κ2) is 5.20. The summed E-state index contributed by atoms with van der Waals surface area (Å²) in [4.78, 5) is 17.8. The van der Waals surface area contributed by atoms with Crippen LogP contribution < -0.4 is 11.1 Å². The molecule has 106 valence electrons. The van der Waals surface area contributed by atoms with Crippen molar-refractivity contribution in [1.29, 1.82) is 0 Å². The van der Waals surface area contributed by atoms with Crippen LogP contribution in [-0.4, -0.2) is 21.5 Å². The van der Waals surface area contributed by atoms with Crippen molar-refractivity contribution < 1.29 is 4.79 Å². The van der Waals surface area contributed by atoms with Gasteiger partial charge < -0.3 is 10.3 Å². The SMILES string of the molecule is Cn1cc(Cl)cc1C(=O)Nc1nc2c(s1)C[C@@H](N)CC2. The van der Waals surface area contributed by atoms with E-state index in [-0.39, 0.29) is 11.9 Å². The molecule has 0 aliphatic heterocycles. The lowest BCUT2D eigenvalue weighted by Crippen LogP contribution is -2.27. The summed E-state index contributed by atoms with van der Waals surface area (Å²) < 4.78 is 1.70. The highest BCUT2D eigenvalue weighted by Gasteiger charge is 2.21. The Morgan fingerprint density at radius 2 is 2.45 bits per heavy atom. The highest BCUT2D eigenvalue weighted by atomic mass is 35.5. The molecular weight excluding hydrogens is 296 g/mol. The molecule has 1 aliphatic carbocycles. The Bertz CT molecular complexity index is 663. The van der Waals surface area contributed by atoms with E-state index in [0.717, 1.165) is 25.0 Å². The summed E-state index contributed by atoms with van der Waals surface area (Å²) in [6.45, 7) is 0. The molecule has 5 nitrogen and oxygen atoms in total. The van der Waals surface area contributed by atoms with Crippen LogP contribution in [0.15, 0.2) is 12.3 Å². The van der Waals surface area contributed by atoms with Crippen molar-refractivity contribution in [3.8, 4) is 0 Å².